The third kappa shape index (κ3) is 12.9. The van der Waals surface area contributed by atoms with E-state index < -0.39 is 0 Å². The Morgan fingerprint density at radius 1 is 0.152 bits per heavy atom. The van der Waals surface area contributed by atoms with E-state index in [0.717, 1.165) is 34.1 Å². The Balaban J connectivity index is 0.000000151. The lowest BCUT2D eigenvalue weighted by Crippen LogP contribution is -2.16. The second-order valence-corrected chi connectivity index (χ2v) is 30.8. The Bertz CT molecular complexity index is 6490. The molecule has 2 aliphatic rings. The van der Waals surface area contributed by atoms with Gasteiger partial charge >= 0.3 is 0 Å². The molecule has 18 aromatic rings. The van der Waals surface area contributed by atoms with Crippen LogP contribution in [0.3, 0.4) is 0 Å². The van der Waals surface area contributed by atoms with Crippen LogP contribution < -0.4 is 9.80 Å². The second kappa shape index (κ2) is 28.9. The van der Waals surface area contributed by atoms with Crippen molar-refractivity contribution < 1.29 is 0 Å². The first kappa shape index (κ1) is 68.6. The summed E-state index contributed by atoms with van der Waals surface area (Å²) in [7, 11) is 0. The normalized spacial score (nSPS) is 12.6. The lowest BCUT2D eigenvalue weighted by Gasteiger charge is -2.28. The highest BCUT2D eigenvalue weighted by molar-refractivity contribution is 5.98. The van der Waals surface area contributed by atoms with E-state index in [1.165, 1.54) is 155 Å². The van der Waals surface area contributed by atoms with E-state index in [0.29, 0.717) is 0 Å². The maximum atomic E-state index is 2.43. The van der Waals surface area contributed by atoms with Gasteiger partial charge in [0, 0.05) is 45.0 Å². The van der Waals surface area contributed by atoms with Crippen LogP contribution in [0.5, 0.6) is 0 Å². The van der Waals surface area contributed by atoms with Gasteiger partial charge in [-0.3, -0.25) is 0 Å². The fraction of sp³-hybridized carbons (Fsp3) is 0.0545. The Hall–Kier alpha value is -13.9. The molecule has 2 nitrogen and oxygen atoms in total. The van der Waals surface area contributed by atoms with Gasteiger partial charge in [-0.15, -0.1) is 0 Å². The van der Waals surface area contributed by atoms with Gasteiger partial charge in [0.1, 0.15) is 0 Å². The number of hydrogen-bond acceptors (Lipinski definition) is 2. The molecule has 0 fully saturated rings. The molecule has 0 aliphatic heterocycles. The average molecular weight is 1430 g/mol. The summed E-state index contributed by atoms with van der Waals surface area (Å²) >= 11 is 0. The molecule has 112 heavy (non-hydrogen) atoms. The van der Waals surface area contributed by atoms with Crippen molar-refractivity contribution in [2.75, 3.05) is 9.80 Å². The molecule has 532 valence electrons. The zero-order valence-corrected chi connectivity index (χ0v) is 63.3. The fourth-order valence-corrected chi connectivity index (χ4v) is 17.3. The number of fused-ring (bicyclic) bond motifs is 8. The summed E-state index contributed by atoms with van der Waals surface area (Å²) in [5, 5.41) is 5.07. The molecule has 0 bridgehead atoms. The summed E-state index contributed by atoms with van der Waals surface area (Å²) in [5.74, 6) is 0. The van der Waals surface area contributed by atoms with Gasteiger partial charge in [-0.25, -0.2) is 0 Å². The van der Waals surface area contributed by atoms with Crippen LogP contribution in [0.1, 0.15) is 49.9 Å². The molecule has 0 aromatic heterocycles. The smallest absolute Gasteiger partial charge is 0.0465 e. The standard InChI is InChI=1S/2C55H41N/c1-55(2)53-36-44(43-17-11-18-45(35-43)50-22-12-16-42-15-9-10-21-49(42)50)29-33-51(53)52-34-32-48(37-54(52)55)56(46-19-7-4-8-20-46)47-30-27-41(28-31-47)40-25-23-39(24-26-40)38-13-5-3-6-14-38;1-55(2)53-36-47(45-17-11-16-44(35-45)46-25-24-39-14-9-10-15-43(39)34-46)28-32-51(53)52-33-31-50(37-54(52)55)56(48-18-7-4-8-19-48)49-29-26-42(27-30-49)41-22-20-40(21-23-41)38-12-5-3-6-13-38/h2*3-37H,1-2H3. The molecule has 0 unspecified atom stereocenters. The first-order valence-electron chi connectivity index (χ1n) is 39.0. The van der Waals surface area contributed by atoms with Crippen LogP contribution in [0.15, 0.2) is 425 Å². The molecule has 2 heteroatoms. The molecule has 0 saturated heterocycles. The minimum absolute atomic E-state index is 0.176. The van der Waals surface area contributed by atoms with Crippen LogP contribution in [0, 0.1) is 0 Å². The van der Waals surface area contributed by atoms with Gasteiger partial charge in [-0.2, -0.15) is 0 Å². The third-order valence-corrected chi connectivity index (χ3v) is 23.3. The van der Waals surface area contributed by atoms with E-state index in [2.05, 4.69) is 462 Å². The monoisotopic (exact) mass is 1430 g/mol. The third-order valence-electron chi connectivity index (χ3n) is 23.3. The van der Waals surface area contributed by atoms with Crippen LogP contribution in [0.2, 0.25) is 0 Å². The van der Waals surface area contributed by atoms with Crippen molar-refractivity contribution in [1.29, 1.82) is 0 Å². The Labute approximate surface area is 657 Å². The van der Waals surface area contributed by atoms with Gasteiger partial charge in [-0.05, 0) is 258 Å². The summed E-state index contributed by atoms with van der Waals surface area (Å²) < 4.78 is 0. The van der Waals surface area contributed by atoms with Crippen LogP contribution >= 0.6 is 0 Å². The molecule has 2 aliphatic carbocycles. The van der Waals surface area contributed by atoms with Crippen molar-refractivity contribution in [2.24, 2.45) is 0 Å². The van der Waals surface area contributed by atoms with Crippen LogP contribution in [0.25, 0.3) is 133 Å². The SMILES string of the molecule is CC1(C)c2cc(-c3cccc(-c4ccc5ccccc5c4)c3)ccc2-c2ccc(N(c3ccccc3)c3ccc(-c4ccc(-c5ccccc5)cc4)cc3)cc21.CC1(C)c2cc(-c3cccc(-c4cccc5ccccc45)c3)ccc2-c2ccc(N(c3ccccc3)c3ccc(-c4ccc(-c5ccccc5)cc4)cc3)cc21. The first-order chi connectivity index (χ1) is 55.0. The van der Waals surface area contributed by atoms with Gasteiger partial charge < -0.3 is 9.80 Å². The lowest BCUT2D eigenvalue weighted by molar-refractivity contribution is 0.660. The number of hydrogen-bond donors (Lipinski definition) is 0. The molecule has 0 radical (unpaired) electrons. The molecule has 0 amide bonds. The number of anilines is 6. The predicted molar refractivity (Wildman–Crippen MR) is 476 cm³/mol. The Morgan fingerprint density at radius 2 is 0.420 bits per heavy atom. The van der Waals surface area contributed by atoms with Gasteiger partial charge in [0.2, 0.25) is 0 Å². The lowest BCUT2D eigenvalue weighted by atomic mass is 9.81. The predicted octanol–water partition coefficient (Wildman–Crippen LogP) is 30.6. The minimum atomic E-state index is -0.179. The molecule has 0 heterocycles. The average Bonchev–Trinajstić information content (AvgIpc) is 1.58. The van der Waals surface area contributed by atoms with Crippen LogP contribution in [-0.2, 0) is 10.8 Å². The largest absolute Gasteiger partial charge is 0.310 e. The summed E-state index contributed by atoms with van der Waals surface area (Å²) in [4.78, 5) is 4.76. The second-order valence-electron chi connectivity index (χ2n) is 30.8. The Morgan fingerprint density at radius 3 is 0.866 bits per heavy atom. The molecule has 0 atom stereocenters. The van der Waals surface area contributed by atoms with Crippen molar-refractivity contribution in [3.8, 4) is 111 Å². The highest BCUT2D eigenvalue weighted by atomic mass is 15.1. The zero-order chi connectivity index (χ0) is 75.3. The van der Waals surface area contributed by atoms with Crippen molar-refractivity contribution in [3.63, 3.8) is 0 Å². The highest BCUT2D eigenvalue weighted by Crippen LogP contribution is 2.54. The maximum absolute atomic E-state index is 2.43. The van der Waals surface area contributed by atoms with Gasteiger partial charge in [-0.1, -0.05) is 349 Å². The number of para-hydroxylation sites is 2. The van der Waals surface area contributed by atoms with E-state index in [1.807, 2.05) is 0 Å². The molecule has 20 rings (SSSR count). The summed E-state index contributed by atoms with van der Waals surface area (Å²) in [5.41, 5.74) is 36.8. The van der Waals surface area contributed by atoms with Crippen molar-refractivity contribution in [3.05, 3.63) is 447 Å². The molecular formula is C110H82N2. The number of nitrogens with zero attached hydrogens (tertiary/aromatic N) is 2. The van der Waals surface area contributed by atoms with Gasteiger partial charge in [0.05, 0.1) is 0 Å². The molecule has 0 spiro atoms. The Kier molecular flexibility index (Phi) is 17.7. The van der Waals surface area contributed by atoms with Crippen molar-refractivity contribution >= 4 is 55.7 Å². The quantitative estimate of drug-likeness (QED) is 0.107. The van der Waals surface area contributed by atoms with Crippen molar-refractivity contribution in [2.45, 2.75) is 38.5 Å². The first-order valence-corrected chi connectivity index (χ1v) is 39.0. The van der Waals surface area contributed by atoms with Crippen LogP contribution in [-0.4, -0.2) is 0 Å². The number of rotatable bonds is 14. The highest BCUT2D eigenvalue weighted by Gasteiger charge is 2.38. The van der Waals surface area contributed by atoms with Crippen molar-refractivity contribution in [1.82, 2.24) is 0 Å². The number of benzene rings is 18. The van der Waals surface area contributed by atoms with Gasteiger partial charge in [0.15, 0.2) is 0 Å². The minimum Gasteiger partial charge on any atom is -0.310 e. The molecule has 0 saturated carbocycles. The fourth-order valence-electron chi connectivity index (χ4n) is 17.3. The van der Waals surface area contributed by atoms with E-state index >= 15 is 0 Å². The van der Waals surface area contributed by atoms with E-state index in [-0.39, 0.29) is 10.8 Å². The summed E-state index contributed by atoms with van der Waals surface area (Å²) in [6.07, 6.45) is 0. The van der Waals surface area contributed by atoms with Gasteiger partial charge in [0.25, 0.3) is 0 Å². The summed E-state index contributed by atoms with van der Waals surface area (Å²) in [6.45, 7) is 9.51. The molecule has 0 N–H and O–H groups in total. The maximum Gasteiger partial charge on any atom is 0.0465 e. The zero-order valence-electron chi connectivity index (χ0n) is 63.3. The van der Waals surface area contributed by atoms with E-state index in [4.69, 9.17) is 0 Å². The van der Waals surface area contributed by atoms with E-state index in [9.17, 15) is 0 Å². The molecular weight excluding hydrogens is 1350 g/mol. The van der Waals surface area contributed by atoms with E-state index in [1.54, 1.807) is 0 Å². The van der Waals surface area contributed by atoms with Crippen LogP contribution in [0.4, 0.5) is 34.1 Å². The molecule has 18 aromatic carbocycles. The topological polar surface area (TPSA) is 6.48 Å². The summed E-state index contributed by atoms with van der Waals surface area (Å²) in [6, 6.07) is 155.